The molecule has 0 fully saturated rings. The Morgan fingerprint density at radius 2 is 2.29 bits per heavy atom. The number of carboxylic acids is 1. The number of carbonyl (C=O) groups is 1. The number of hydrogen-bond donors (Lipinski definition) is 1. The number of pyridine rings is 1. The molecular formula is C10H9NO3. The SMILES string of the molecule is COc1cccc2cc(C(=O)O)cn12. The fourth-order valence-electron chi connectivity index (χ4n) is 1.39. The quantitative estimate of drug-likeness (QED) is 0.785. The zero-order valence-corrected chi connectivity index (χ0v) is 7.60. The molecule has 14 heavy (non-hydrogen) atoms. The summed E-state index contributed by atoms with van der Waals surface area (Å²) < 4.78 is 6.79. The largest absolute Gasteiger partial charge is 0.482 e. The minimum Gasteiger partial charge on any atom is -0.482 e. The van der Waals surface area contributed by atoms with E-state index in [4.69, 9.17) is 9.84 Å². The van der Waals surface area contributed by atoms with Gasteiger partial charge >= 0.3 is 5.97 Å². The lowest BCUT2D eigenvalue weighted by atomic mass is 10.3. The van der Waals surface area contributed by atoms with Crippen LogP contribution in [0.4, 0.5) is 0 Å². The fourth-order valence-corrected chi connectivity index (χ4v) is 1.39. The van der Waals surface area contributed by atoms with Crippen LogP contribution in [-0.4, -0.2) is 22.6 Å². The minimum absolute atomic E-state index is 0.259. The van der Waals surface area contributed by atoms with Crippen LogP contribution in [0.25, 0.3) is 5.52 Å². The van der Waals surface area contributed by atoms with Crippen molar-refractivity contribution in [2.45, 2.75) is 0 Å². The number of fused-ring (bicyclic) bond motifs is 1. The molecule has 72 valence electrons. The van der Waals surface area contributed by atoms with Gasteiger partial charge in [0.1, 0.15) is 0 Å². The minimum atomic E-state index is -0.934. The van der Waals surface area contributed by atoms with Crippen LogP contribution in [0.2, 0.25) is 0 Å². The van der Waals surface area contributed by atoms with Gasteiger partial charge in [0, 0.05) is 11.7 Å². The van der Waals surface area contributed by atoms with Crippen molar-refractivity contribution in [2.75, 3.05) is 7.11 Å². The van der Waals surface area contributed by atoms with Gasteiger partial charge in [-0.2, -0.15) is 0 Å². The van der Waals surface area contributed by atoms with Crippen LogP contribution in [-0.2, 0) is 0 Å². The topological polar surface area (TPSA) is 50.9 Å². The molecule has 0 bridgehead atoms. The van der Waals surface area contributed by atoms with E-state index in [9.17, 15) is 4.79 Å². The number of hydrogen-bond acceptors (Lipinski definition) is 2. The highest BCUT2D eigenvalue weighted by atomic mass is 16.5. The standard InChI is InChI=1S/C10H9NO3/c1-14-9-4-2-3-8-5-7(10(12)13)6-11(8)9/h2-6H,1H3,(H,12,13). The summed E-state index contributed by atoms with van der Waals surface area (Å²) in [4.78, 5) is 10.7. The Bertz CT molecular complexity index is 487. The first-order valence-electron chi connectivity index (χ1n) is 4.11. The molecule has 2 aromatic heterocycles. The van der Waals surface area contributed by atoms with Crippen LogP contribution < -0.4 is 4.74 Å². The highest BCUT2D eigenvalue weighted by molar-refractivity contribution is 5.89. The van der Waals surface area contributed by atoms with E-state index in [1.807, 2.05) is 12.1 Å². The number of ether oxygens (including phenoxy) is 1. The zero-order valence-electron chi connectivity index (χ0n) is 7.60. The first-order chi connectivity index (χ1) is 6.72. The highest BCUT2D eigenvalue weighted by Crippen LogP contribution is 2.17. The van der Waals surface area contributed by atoms with Gasteiger partial charge in [-0.25, -0.2) is 4.79 Å². The second-order valence-electron chi connectivity index (χ2n) is 2.90. The summed E-state index contributed by atoms with van der Waals surface area (Å²) in [5.41, 5.74) is 1.07. The van der Waals surface area contributed by atoms with Crippen LogP contribution in [0.1, 0.15) is 10.4 Å². The molecule has 0 amide bonds. The van der Waals surface area contributed by atoms with Gasteiger partial charge in [-0.15, -0.1) is 0 Å². The van der Waals surface area contributed by atoms with E-state index in [1.54, 1.807) is 23.6 Å². The van der Waals surface area contributed by atoms with Crippen molar-refractivity contribution >= 4 is 11.5 Å². The second-order valence-corrected chi connectivity index (χ2v) is 2.90. The van der Waals surface area contributed by atoms with Gasteiger partial charge in [0.05, 0.1) is 12.7 Å². The first kappa shape index (κ1) is 8.62. The predicted octanol–water partition coefficient (Wildman–Crippen LogP) is 1.65. The molecular weight excluding hydrogens is 182 g/mol. The molecule has 2 heterocycles. The van der Waals surface area contributed by atoms with E-state index in [0.29, 0.717) is 5.88 Å². The second kappa shape index (κ2) is 3.06. The van der Waals surface area contributed by atoms with Crippen LogP contribution in [0, 0.1) is 0 Å². The molecule has 1 N–H and O–H groups in total. The van der Waals surface area contributed by atoms with Gasteiger partial charge in [0.2, 0.25) is 0 Å². The summed E-state index contributed by atoms with van der Waals surface area (Å²) >= 11 is 0. The van der Waals surface area contributed by atoms with Gasteiger partial charge in [0.15, 0.2) is 5.88 Å². The van der Waals surface area contributed by atoms with Crippen molar-refractivity contribution < 1.29 is 14.6 Å². The summed E-state index contributed by atoms with van der Waals surface area (Å²) in [5.74, 6) is -0.314. The summed E-state index contributed by atoms with van der Waals surface area (Å²) in [6.45, 7) is 0. The highest BCUT2D eigenvalue weighted by Gasteiger charge is 2.08. The van der Waals surface area contributed by atoms with Crippen molar-refractivity contribution in [1.82, 2.24) is 4.40 Å². The van der Waals surface area contributed by atoms with Gasteiger partial charge in [-0.05, 0) is 18.2 Å². The van der Waals surface area contributed by atoms with Crippen LogP contribution in [0.15, 0.2) is 30.5 Å². The average Bonchev–Trinajstić information content (AvgIpc) is 2.60. The molecule has 0 aromatic carbocycles. The molecule has 0 spiro atoms. The van der Waals surface area contributed by atoms with Gasteiger partial charge in [-0.3, -0.25) is 4.40 Å². The Morgan fingerprint density at radius 3 is 2.93 bits per heavy atom. The number of aromatic nitrogens is 1. The lowest BCUT2D eigenvalue weighted by Crippen LogP contribution is -1.93. The third kappa shape index (κ3) is 1.21. The van der Waals surface area contributed by atoms with Crippen LogP contribution in [0.5, 0.6) is 5.88 Å². The molecule has 0 saturated carbocycles. The fraction of sp³-hybridized carbons (Fsp3) is 0.100. The summed E-state index contributed by atoms with van der Waals surface area (Å²) in [6, 6.07) is 7.03. The number of aromatic carboxylic acids is 1. The molecule has 0 unspecified atom stereocenters. The van der Waals surface area contributed by atoms with Crippen molar-refractivity contribution in [3.8, 4) is 5.88 Å². The van der Waals surface area contributed by atoms with Crippen molar-refractivity contribution in [3.63, 3.8) is 0 Å². The average molecular weight is 191 g/mol. The van der Waals surface area contributed by atoms with E-state index in [1.165, 1.54) is 6.20 Å². The molecule has 0 radical (unpaired) electrons. The normalized spacial score (nSPS) is 10.4. The van der Waals surface area contributed by atoms with E-state index < -0.39 is 5.97 Å². The Morgan fingerprint density at radius 1 is 1.50 bits per heavy atom. The van der Waals surface area contributed by atoms with Crippen molar-refractivity contribution in [2.24, 2.45) is 0 Å². The molecule has 0 aliphatic heterocycles. The molecule has 0 saturated heterocycles. The van der Waals surface area contributed by atoms with Crippen molar-refractivity contribution in [3.05, 3.63) is 36.0 Å². The molecule has 2 aromatic rings. The van der Waals surface area contributed by atoms with E-state index in [0.717, 1.165) is 5.52 Å². The zero-order chi connectivity index (χ0) is 10.1. The molecule has 0 aliphatic rings. The molecule has 4 nitrogen and oxygen atoms in total. The van der Waals surface area contributed by atoms with Crippen LogP contribution in [0.3, 0.4) is 0 Å². The van der Waals surface area contributed by atoms with E-state index in [2.05, 4.69) is 0 Å². The summed E-state index contributed by atoms with van der Waals surface area (Å²) in [5, 5.41) is 8.80. The Hall–Kier alpha value is -1.97. The van der Waals surface area contributed by atoms with E-state index in [-0.39, 0.29) is 5.56 Å². The van der Waals surface area contributed by atoms with Gasteiger partial charge in [-0.1, -0.05) is 6.07 Å². The smallest absolute Gasteiger partial charge is 0.337 e. The third-order valence-corrected chi connectivity index (χ3v) is 2.05. The third-order valence-electron chi connectivity index (χ3n) is 2.05. The molecule has 4 heteroatoms. The monoisotopic (exact) mass is 191 g/mol. The summed E-state index contributed by atoms with van der Waals surface area (Å²) in [6.07, 6.45) is 1.54. The van der Waals surface area contributed by atoms with Crippen molar-refractivity contribution in [1.29, 1.82) is 0 Å². The number of methoxy groups -OCH3 is 1. The lowest BCUT2D eigenvalue weighted by Gasteiger charge is -2.02. The lowest BCUT2D eigenvalue weighted by molar-refractivity contribution is 0.0697. The maximum atomic E-state index is 10.7. The molecule has 2 rings (SSSR count). The Balaban J connectivity index is 2.70. The molecule has 0 atom stereocenters. The Labute approximate surface area is 80.3 Å². The molecule has 0 aliphatic carbocycles. The van der Waals surface area contributed by atoms with E-state index >= 15 is 0 Å². The number of carboxylic acid groups (broad SMARTS) is 1. The predicted molar refractivity (Wildman–Crippen MR) is 50.9 cm³/mol. The number of nitrogens with zero attached hydrogens (tertiary/aromatic N) is 1. The maximum Gasteiger partial charge on any atom is 0.337 e. The van der Waals surface area contributed by atoms with Crippen LogP contribution >= 0.6 is 0 Å². The van der Waals surface area contributed by atoms with Gasteiger partial charge in [0.25, 0.3) is 0 Å². The maximum absolute atomic E-state index is 10.7. The Kier molecular flexibility index (Phi) is 1.89. The number of rotatable bonds is 2. The first-order valence-corrected chi connectivity index (χ1v) is 4.11. The summed E-state index contributed by atoms with van der Waals surface area (Å²) in [7, 11) is 1.55. The van der Waals surface area contributed by atoms with Gasteiger partial charge < -0.3 is 9.84 Å².